The number of rotatable bonds is 3. The van der Waals surface area contributed by atoms with E-state index in [9.17, 15) is 4.79 Å². The third-order valence-electron chi connectivity index (χ3n) is 6.17. The molecule has 1 aliphatic heterocycles. The maximum Gasteiger partial charge on any atom is 0.410 e. The van der Waals surface area contributed by atoms with E-state index in [1.165, 1.54) is 0 Å². The number of hydrogen-bond acceptors (Lipinski definition) is 6. The predicted molar refractivity (Wildman–Crippen MR) is 135 cm³/mol. The summed E-state index contributed by atoms with van der Waals surface area (Å²) in [6, 6.07) is 13.4. The fourth-order valence-corrected chi connectivity index (χ4v) is 4.35. The Morgan fingerprint density at radius 3 is 2.69 bits per heavy atom. The summed E-state index contributed by atoms with van der Waals surface area (Å²) < 4.78 is 28.7. The number of pyridine rings is 2. The van der Waals surface area contributed by atoms with E-state index in [1.807, 2.05) is 74.7 Å². The smallest absolute Gasteiger partial charge is 0.410 e. The van der Waals surface area contributed by atoms with E-state index in [0.29, 0.717) is 35.8 Å². The number of fused-ring (bicyclic) bond motifs is 2. The minimum atomic E-state index is -1.22. The molecule has 188 valence electrons. The molecule has 3 aromatic heterocycles. The lowest BCUT2D eigenvalue weighted by Crippen LogP contribution is -2.37. The molecule has 0 spiro atoms. The number of likely N-dealkylation sites (tertiary alicyclic amines) is 1. The zero-order valence-electron chi connectivity index (χ0n) is 20.9. The van der Waals surface area contributed by atoms with Crippen molar-refractivity contribution in [3.05, 3.63) is 54.2 Å². The van der Waals surface area contributed by atoms with Crippen molar-refractivity contribution in [3.8, 4) is 17.3 Å². The van der Waals surface area contributed by atoms with Crippen LogP contribution < -0.4 is 4.74 Å². The van der Waals surface area contributed by atoms with Gasteiger partial charge in [-0.3, -0.25) is 4.40 Å². The van der Waals surface area contributed by atoms with E-state index in [-0.39, 0.29) is 13.0 Å². The highest BCUT2D eigenvalue weighted by Crippen LogP contribution is 2.30. The van der Waals surface area contributed by atoms with Gasteiger partial charge in [-0.2, -0.15) is 0 Å². The molecule has 36 heavy (non-hydrogen) atoms. The van der Waals surface area contributed by atoms with Gasteiger partial charge in [-0.1, -0.05) is 18.2 Å². The molecule has 1 saturated heterocycles. The van der Waals surface area contributed by atoms with Crippen LogP contribution in [0.2, 0.25) is 0 Å². The van der Waals surface area contributed by atoms with Crippen molar-refractivity contribution in [2.45, 2.75) is 58.4 Å². The van der Waals surface area contributed by atoms with Crippen molar-refractivity contribution in [1.29, 1.82) is 0 Å². The monoisotopic (exact) mass is 491 g/mol. The van der Waals surface area contributed by atoms with Gasteiger partial charge in [0.25, 0.3) is 0 Å². The third-order valence-corrected chi connectivity index (χ3v) is 6.17. The lowest BCUT2D eigenvalue weighted by atomic mass is 10.1. The number of alkyl halides is 1. The SMILES string of the molecule is Cc1ccn2c(-c3ccc4cccc(O[C@@H]5CCN(C(=O)OC(C)(C)C)CC[C@@H]5F)c4n3)nnc2c1. The molecule has 2 atom stereocenters. The first kappa shape index (κ1) is 24.0. The van der Waals surface area contributed by atoms with Gasteiger partial charge in [0.15, 0.2) is 11.5 Å². The summed E-state index contributed by atoms with van der Waals surface area (Å²) in [5.74, 6) is 1.12. The Balaban J connectivity index is 1.40. The molecule has 0 unspecified atom stereocenters. The average molecular weight is 492 g/mol. The topological polar surface area (TPSA) is 81.9 Å². The van der Waals surface area contributed by atoms with Crippen LogP contribution in [-0.2, 0) is 4.74 Å². The van der Waals surface area contributed by atoms with Crippen LogP contribution in [0.1, 0.15) is 39.2 Å². The summed E-state index contributed by atoms with van der Waals surface area (Å²) in [5, 5.41) is 9.47. The Labute approximate surface area is 209 Å². The number of aryl methyl sites for hydroxylation is 1. The van der Waals surface area contributed by atoms with E-state index >= 15 is 4.39 Å². The largest absolute Gasteiger partial charge is 0.485 e. The van der Waals surface area contributed by atoms with Gasteiger partial charge >= 0.3 is 6.09 Å². The number of amides is 1. The van der Waals surface area contributed by atoms with Gasteiger partial charge in [-0.25, -0.2) is 14.2 Å². The van der Waals surface area contributed by atoms with Crippen molar-refractivity contribution in [2.24, 2.45) is 0 Å². The molecule has 1 amide bonds. The Morgan fingerprint density at radius 1 is 1.08 bits per heavy atom. The normalized spacial score (nSPS) is 18.9. The molecule has 4 heterocycles. The zero-order valence-corrected chi connectivity index (χ0v) is 20.9. The molecular weight excluding hydrogens is 461 g/mol. The third kappa shape index (κ3) is 4.96. The first-order valence-electron chi connectivity index (χ1n) is 12.2. The maximum atomic E-state index is 15.1. The van der Waals surface area contributed by atoms with Gasteiger partial charge in [0, 0.05) is 31.1 Å². The standard InChI is InChI=1S/C27H30FN5O3/c1-17-10-15-33-23(16-17)30-31-25(33)20-9-8-18-6-5-7-22(24(18)29-20)35-21-12-14-32(13-11-19(21)28)26(34)36-27(2,3)4/h5-10,15-16,19,21H,11-14H2,1-4H3/t19-,21+/m0/s1. The summed E-state index contributed by atoms with van der Waals surface area (Å²) >= 11 is 0. The second-order valence-electron chi connectivity index (χ2n) is 10.2. The summed E-state index contributed by atoms with van der Waals surface area (Å²) in [6.07, 6.45) is 0.0973. The minimum Gasteiger partial charge on any atom is -0.485 e. The fourth-order valence-electron chi connectivity index (χ4n) is 4.35. The number of para-hydroxylation sites is 1. The van der Waals surface area contributed by atoms with Crippen molar-refractivity contribution in [2.75, 3.05) is 13.1 Å². The fraction of sp³-hybridized carbons (Fsp3) is 0.407. The number of hydrogen-bond donors (Lipinski definition) is 0. The van der Waals surface area contributed by atoms with E-state index in [4.69, 9.17) is 14.5 Å². The minimum absolute atomic E-state index is 0.179. The van der Waals surface area contributed by atoms with Crippen LogP contribution in [0.4, 0.5) is 9.18 Å². The van der Waals surface area contributed by atoms with Crippen LogP contribution in [0, 0.1) is 6.92 Å². The number of aromatic nitrogens is 4. The first-order chi connectivity index (χ1) is 17.2. The quantitative estimate of drug-likeness (QED) is 0.383. The van der Waals surface area contributed by atoms with Crippen molar-refractivity contribution in [1.82, 2.24) is 24.5 Å². The van der Waals surface area contributed by atoms with Gasteiger partial charge in [0.1, 0.15) is 34.8 Å². The molecule has 0 aliphatic carbocycles. The lowest BCUT2D eigenvalue weighted by Gasteiger charge is -2.26. The van der Waals surface area contributed by atoms with Gasteiger partial charge in [0.05, 0.1) is 0 Å². The predicted octanol–water partition coefficient (Wildman–Crippen LogP) is 5.37. The molecule has 1 aliphatic rings. The Hall–Kier alpha value is -3.75. The van der Waals surface area contributed by atoms with E-state index < -0.39 is 24.0 Å². The molecule has 1 fully saturated rings. The highest BCUT2D eigenvalue weighted by atomic mass is 19.1. The Morgan fingerprint density at radius 2 is 1.89 bits per heavy atom. The van der Waals surface area contributed by atoms with Gasteiger partial charge in [-0.05, 0) is 63.9 Å². The second-order valence-corrected chi connectivity index (χ2v) is 10.2. The molecule has 1 aromatic carbocycles. The van der Waals surface area contributed by atoms with Crippen LogP contribution >= 0.6 is 0 Å². The number of halogens is 1. The van der Waals surface area contributed by atoms with Crippen molar-refractivity contribution in [3.63, 3.8) is 0 Å². The van der Waals surface area contributed by atoms with Crippen LogP contribution in [0.5, 0.6) is 5.75 Å². The van der Waals surface area contributed by atoms with Crippen LogP contribution in [0.25, 0.3) is 28.1 Å². The Bertz CT molecular complexity index is 1410. The summed E-state index contributed by atoms with van der Waals surface area (Å²) in [5.41, 5.74) is 2.50. The highest BCUT2D eigenvalue weighted by Gasteiger charge is 2.32. The van der Waals surface area contributed by atoms with Gasteiger partial charge in [-0.15, -0.1) is 10.2 Å². The summed E-state index contributed by atoms with van der Waals surface area (Å²) in [6.45, 7) is 8.10. The summed E-state index contributed by atoms with van der Waals surface area (Å²) in [7, 11) is 0. The van der Waals surface area contributed by atoms with Gasteiger partial charge < -0.3 is 14.4 Å². The zero-order chi connectivity index (χ0) is 25.4. The number of carbonyl (C=O) groups excluding carboxylic acids is 1. The maximum absolute atomic E-state index is 15.1. The molecule has 8 nitrogen and oxygen atoms in total. The summed E-state index contributed by atoms with van der Waals surface area (Å²) in [4.78, 5) is 18.9. The second kappa shape index (κ2) is 9.37. The number of nitrogens with zero attached hydrogens (tertiary/aromatic N) is 5. The Kier molecular flexibility index (Phi) is 6.24. The molecule has 0 bridgehead atoms. The van der Waals surface area contributed by atoms with E-state index in [2.05, 4.69) is 10.2 Å². The molecular formula is C27H30FN5O3. The molecule has 0 N–H and O–H groups in total. The van der Waals surface area contributed by atoms with Crippen molar-refractivity contribution >= 4 is 22.6 Å². The molecule has 4 aromatic rings. The first-order valence-corrected chi connectivity index (χ1v) is 12.2. The highest BCUT2D eigenvalue weighted by molar-refractivity contribution is 5.86. The number of benzene rings is 1. The van der Waals surface area contributed by atoms with Crippen LogP contribution in [0.15, 0.2) is 48.7 Å². The van der Waals surface area contributed by atoms with Crippen molar-refractivity contribution < 1.29 is 18.7 Å². The average Bonchev–Trinajstić information content (AvgIpc) is 3.15. The van der Waals surface area contributed by atoms with Gasteiger partial charge in [0.2, 0.25) is 0 Å². The van der Waals surface area contributed by atoms with Crippen LogP contribution in [-0.4, -0.2) is 61.5 Å². The molecule has 9 heteroatoms. The lowest BCUT2D eigenvalue weighted by molar-refractivity contribution is 0.0252. The van der Waals surface area contributed by atoms with E-state index in [1.54, 1.807) is 11.0 Å². The number of ether oxygens (including phenoxy) is 2. The molecule has 5 rings (SSSR count). The molecule has 0 radical (unpaired) electrons. The van der Waals surface area contributed by atoms with E-state index in [0.717, 1.165) is 16.6 Å². The number of carbonyl (C=O) groups is 1. The van der Waals surface area contributed by atoms with Crippen LogP contribution in [0.3, 0.4) is 0 Å². The molecule has 0 saturated carbocycles.